The van der Waals surface area contributed by atoms with Crippen molar-refractivity contribution in [3.63, 3.8) is 0 Å². The Balaban J connectivity index is 2.46. The second-order valence-corrected chi connectivity index (χ2v) is 3.71. The van der Waals surface area contributed by atoms with Crippen molar-refractivity contribution in [2.24, 2.45) is 5.90 Å². The van der Waals surface area contributed by atoms with Gasteiger partial charge >= 0.3 is 5.97 Å². The Morgan fingerprint density at radius 3 is 3.07 bits per heavy atom. The predicted molar refractivity (Wildman–Crippen MR) is 53.6 cm³/mol. The Morgan fingerprint density at radius 2 is 2.43 bits per heavy atom. The fourth-order valence-electron chi connectivity index (χ4n) is 1.06. The summed E-state index contributed by atoms with van der Waals surface area (Å²) in [4.78, 5) is 16.6. The topological polar surface area (TPSA) is 61.5 Å². The Bertz CT molecular complexity index is 298. The van der Waals surface area contributed by atoms with Crippen LogP contribution in [-0.4, -0.2) is 12.6 Å². The van der Waals surface area contributed by atoms with Gasteiger partial charge in [0.2, 0.25) is 0 Å². The van der Waals surface area contributed by atoms with Crippen LogP contribution in [-0.2, 0) is 27.4 Å². The quantitative estimate of drug-likeness (QED) is 0.593. The molecule has 2 N–H and O–H groups in total. The van der Waals surface area contributed by atoms with Gasteiger partial charge in [0.05, 0.1) is 13.0 Å². The molecule has 0 aliphatic rings. The normalized spacial score (nSPS) is 10.1. The van der Waals surface area contributed by atoms with Crippen LogP contribution in [0.2, 0.25) is 0 Å². The Morgan fingerprint density at radius 1 is 1.64 bits per heavy atom. The first-order valence-corrected chi connectivity index (χ1v) is 5.17. The van der Waals surface area contributed by atoms with Crippen LogP contribution in [0.3, 0.4) is 0 Å². The van der Waals surface area contributed by atoms with Crippen molar-refractivity contribution in [3.05, 3.63) is 21.9 Å². The van der Waals surface area contributed by atoms with E-state index in [1.54, 1.807) is 6.92 Å². The van der Waals surface area contributed by atoms with Crippen molar-refractivity contribution in [3.8, 4) is 0 Å². The zero-order valence-corrected chi connectivity index (χ0v) is 8.80. The number of thiophene rings is 1. The fraction of sp³-hybridized carbons (Fsp3) is 0.444. The number of hydrogen-bond donors (Lipinski definition) is 1. The minimum atomic E-state index is -0.203. The minimum absolute atomic E-state index is 0.203. The second kappa shape index (κ2) is 5.74. The van der Waals surface area contributed by atoms with Gasteiger partial charge in [0.25, 0.3) is 0 Å². The van der Waals surface area contributed by atoms with Crippen LogP contribution >= 0.6 is 11.3 Å². The standard InChI is InChI=1S/C9H13NO3S/c1-2-12-9(11)4-7-3-8(5-13-10)14-6-7/h3,6H,2,4-5,10H2,1H3. The van der Waals surface area contributed by atoms with E-state index in [9.17, 15) is 4.79 Å². The van der Waals surface area contributed by atoms with Gasteiger partial charge in [-0.05, 0) is 23.9 Å². The molecule has 1 heterocycles. The number of carbonyl (C=O) groups excluding carboxylic acids is 1. The summed E-state index contributed by atoms with van der Waals surface area (Å²) < 4.78 is 4.82. The third kappa shape index (κ3) is 3.45. The SMILES string of the molecule is CCOC(=O)Cc1csc(CON)c1. The van der Waals surface area contributed by atoms with Gasteiger partial charge in [-0.2, -0.15) is 0 Å². The fourth-order valence-corrected chi connectivity index (χ4v) is 1.87. The van der Waals surface area contributed by atoms with E-state index in [1.165, 1.54) is 11.3 Å². The molecular weight excluding hydrogens is 202 g/mol. The van der Waals surface area contributed by atoms with Gasteiger partial charge in [-0.15, -0.1) is 11.3 Å². The molecule has 1 rings (SSSR count). The van der Waals surface area contributed by atoms with E-state index >= 15 is 0 Å². The van der Waals surface area contributed by atoms with Crippen molar-refractivity contribution in [1.29, 1.82) is 0 Å². The molecule has 0 atom stereocenters. The van der Waals surface area contributed by atoms with Gasteiger partial charge in [-0.1, -0.05) is 0 Å². The lowest BCUT2D eigenvalue weighted by Crippen LogP contribution is -2.06. The minimum Gasteiger partial charge on any atom is -0.466 e. The van der Waals surface area contributed by atoms with Gasteiger partial charge in [0.15, 0.2) is 0 Å². The smallest absolute Gasteiger partial charge is 0.310 e. The van der Waals surface area contributed by atoms with E-state index in [4.69, 9.17) is 10.6 Å². The highest BCUT2D eigenvalue weighted by Gasteiger charge is 2.06. The number of hydrogen-bond acceptors (Lipinski definition) is 5. The summed E-state index contributed by atoms with van der Waals surface area (Å²) in [6.45, 7) is 2.59. The molecule has 0 unspecified atom stereocenters. The molecule has 78 valence electrons. The van der Waals surface area contributed by atoms with Gasteiger partial charge < -0.3 is 4.74 Å². The lowest BCUT2D eigenvalue weighted by Gasteiger charge is -1.98. The van der Waals surface area contributed by atoms with Crippen LogP contribution in [0.4, 0.5) is 0 Å². The molecule has 1 aromatic heterocycles. The summed E-state index contributed by atoms with van der Waals surface area (Å²) in [7, 11) is 0. The van der Waals surface area contributed by atoms with E-state index in [0.29, 0.717) is 19.6 Å². The highest BCUT2D eigenvalue weighted by molar-refractivity contribution is 7.10. The number of esters is 1. The molecule has 5 heteroatoms. The monoisotopic (exact) mass is 215 g/mol. The second-order valence-electron chi connectivity index (χ2n) is 2.71. The first-order valence-electron chi connectivity index (χ1n) is 4.29. The first kappa shape index (κ1) is 11.2. The van der Waals surface area contributed by atoms with E-state index in [0.717, 1.165) is 10.4 Å². The molecule has 1 aromatic rings. The zero-order chi connectivity index (χ0) is 10.4. The van der Waals surface area contributed by atoms with Crippen LogP contribution in [0.5, 0.6) is 0 Å². The zero-order valence-electron chi connectivity index (χ0n) is 7.99. The number of nitrogens with two attached hydrogens (primary N) is 1. The van der Waals surface area contributed by atoms with Crippen LogP contribution in [0.15, 0.2) is 11.4 Å². The Labute approximate surface area is 86.6 Å². The number of rotatable bonds is 5. The molecule has 0 aliphatic carbocycles. The summed E-state index contributed by atoms with van der Waals surface area (Å²) in [6, 6.07) is 1.90. The first-order chi connectivity index (χ1) is 6.76. The maximum absolute atomic E-state index is 11.1. The van der Waals surface area contributed by atoms with E-state index in [2.05, 4.69) is 4.84 Å². The van der Waals surface area contributed by atoms with E-state index in [-0.39, 0.29) is 5.97 Å². The molecular formula is C9H13NO3S. The summed E-state index contributed by atoms with van der Waals surface area (Å²) in [5.41, 5.74) is 0.945. The number of ether oxygens (including phenoxy) is 1. The molecule has 0 saturated carbocycles. The van der Waals surface area contributed by atoms with Crippen LogP contribution in [0.25, 0.3) is 0 Å². The van der Waals surface area contributed by atoms with E-state index in [1.807, 2.05) is 11.4 Å². The maximum Gasteiger partial charge on any atom is 0.310 e. The van der Waals surface area contributed by atoms with Gasteiger partial charge in [0.1, 0.15) is 6.61 Å². The molecule has 4 nitrogen and oxygen atoms in total. The van der Waals surface area contributed by atoms with E-state index < -0.39 is 0 Å². The maximum atomic E-state index is 11.1. The van der Waals surface area contributed by atoms with Crippen molar-refractivity contribution in [1.82, 2.24) is 0 Å². The van der Waals surface area contributed by atoms with Crippen LogP contribution in [0.1, 0.15) is 17.4 Å². The third-order valence-electron chi connectivity index (χ3n) is 1.59. The molecule has 0 spiro atoms. The number of carbonyl (C=O) groups is 1. The third-order valence-corrected chi connectivity index (χ3v) is 2.55. The van der Waals surface area contributed by atoms with Crippen molar-refractivity contribution >= 4 is 17.3 Å². The molecule has 0 fully saturated rings. The average molecular weight is 215 g/mol. The lowest BCUT2D eigenvalue weighted by molar-refractivity contribution is -0.142. The summed E-state index contributed by atoms with van der Waals surface area (Å²) in [6.07, 6.45) is 0.314. The summed E-state index contributed by atoms with van der Waals surface area (Å²) in [5.74, 6) is 4.73. The van der Waals surface area contributed by atoms with Crippen LogP contribution < -0.4 is 5.90 Å². The lowest BCUT2D eigenvalue weighted by atomic mass is 10.2. The largest absolute Gasteiger partial charge is 0.466 e. The molecule has 14 heavy (non-hydrogen) atoms. The molecule has 0 aliphatic heterocycles. The Hall–Kier alpha value is -0.910. The van der Waals surface area contributed by atoms with Gasteiger partial charge in [-0.3, -0.25) is 9.63 Å². The summed E-state index contributed by atoms with van der Waals surface area (Å²) in [5, 5.41) is 1.91. The summed E-state index contributed by atoms with van der Waals surface area (Å²) >= 11 is 1.52. The molecule has 0 amide bonds. The molecule has 0 saturated heterocycles. The van der Waals surface area contributed by atoms with Crippen molar-refractivity contribution in [2.45, 2.75) is 20.0 Å². The van der Waals surface area contributed by atoms with Crippen LogP contribution in [0, 0.1) is 0 Å². The van der Waals surface area contributed by atoms with Crippen molar-refractivity contribution < 1.29 is 14.4 Å². The molecule has 0 bridgehead atoms. The molecule has 0 aromatic carbocycles. The van der Waals surface area contributed by atoms with Gasteiger partial charge in [0, 0.05) is 4.88 Å². The molecule has 0 radical (unpaired) electrons. The Kier molecular flexibility index (Phi) is 4.58. The predicted octanol–water partition coefficient (Wildman–Crippen LogP) is 1.24. The van der Waals surface area contributed by atoms with Gasteiger partial charge in [-0.25, -0.2) is 5.90 Å². The average Bonchev–Trinajstić information content (AvgIpc) is 2.53. The van der Waals surface area contributed by atoms with Crippen molar-refractivity contribution in [2.75, 3.05) is 6.61 Å². The highest BCUT2D eigenvalue weighted by Crippen LogP contribution is 2.15. The highest BCUT2D eigenvalue weighted by atomic mass is 32.1.